The highest BCUT2D eigenvalue weighted by Gasteiger charge is 2.18. The van der Waals surface area contributed by atoms with E-state index in [2.05, 4.69) is 43.5 Å². The number of likely N-dealkylation sites (N-methyl/N-ethyl adjacent to an activating group) is 1. The van der Waals surface area contributed by atoms with E-state index in [4.69, 9.17) is 4.74 Å². The molecule has 4 heterocycles. The molecule has 6 rings (SSSR count). The smallest absolute Gasteiger partial charge is 0.224 e. The van der Waals surface area contributed by atoms with Gasteiger partial charge in [0.25, 0.3) is 0 Å². The number of ether oxygens (including phenoxy) is 1. The highest BCUT2D eigenvalue weighted by atomic mass is 16.5. The monoisotopic (exact) mass is 544 g/mol. The van der Waals surface area contributed by atoms with Gasteiger partial charge >= 0.3 is 0 Å². The van der Waals surface area contributed by atoms with Gasteiger partial charge < -0.3 is 10.1 Å². The highest BCUT2D eigenvalue weighted by Crippen LogP contribution is 2.32. The third-order valence-electron chi connectivity index (χ3n) is 7.33. The van der Waals surface area contributed by atoms with Crippen LogP contribution in [0.15, 0.2) is 73.5 Å². The first-order valence-corrected chi connectivity index (χ1v) is 13.4. The second-order valence-corrected chi connectivity index (χ2v) is 10.2. The molecule has 0 unspecified atom stereocenters. The molecule has 5 aromatic rings. The number of ketones is 1. The van der Waals surface area contributed by atoms with Gasteiger partial charge in [0.05, 0.1) is 16.8 Å². The van der Waals surface area contributed by atoms with E-state index in [1.165, 1.54) is 0 Å². The number of pyridine rings is 1. The van der Waals surface area contributed by atoms with Crippen LogP contribution in [0.3, 0.4) is 0 Å². The van der Waals surface area contributed by atoms with Crippen molar-refractivity contribution in [2.75, 3.05) is 18.9 Å². The fraction of sp³-hybridized carbons (Fsp3) is 0.226. The molecule has 1 saturated heterocycles. The van der Waals surface area contributed by atoms with Crippen LogP contribution >= 0.6 is 0 Å². The Kier molecular flexibility index (Phi) is 7.10. The van der Waals surface area contributed by atoms with E-state index >= 15 is 0 Å². The molecule has 0 bridgehead atoms. The molecule has 1 atom stereocenters. The normalized spacial score (nSPS) is 15.5. The molecule has 1 aliphatic heterocycles. The SMILES string of the molecule is Cc1cc(Nc2c(C#N)cnc3ccc(CC(=O)/C=C/[C@H]4CCCN4C)cc23)ccc1Oc1cc2nncn2cn1. The summed E-state index contributed by atoms with van der Waals surface area (Å²) in [4.78, 5) is 23.8. The zero-order valence-electron chi connectivity index (χ0n) is 22.8. The summed E-state index contributed by atoms with van der Waals surface area (Å²) < 4.78 is 7.70. The number of aromatic nitrogens is 5. The summed E-state index contributed by atoms with van der Waals surface area (Å²) in [7, 11) is 2.09. The molecule has 3 aromatic heterocycles. The number of carbonyl (C=O) groups excluding carboxylic acids is 1. The molecular weight excluding hydrogens is 516 g/mol. The minimum Gasteiger partial charge on any atom is -0.439 e. The van der Waals surface area contributed by atoms with Gasteiger partial charge in [-0.1, -0.05) is 12.1 Å². The molecule has 10 heteroatoms. The van der Waals surface area contributed by atoms with Gasteiger partial charge in [0.1, 0.15) is 24.5 Å². The van der Waals surface area contributed by atoms with E-state index in [1.54, 1.807) is 35.4 Å². The number of nitrogens with one attached hydrogen (secondary N) is 1. The molecular formula is C31H28N8O2. The molecule has 0 spiro atoms. The maximum atomic E-state index is 12.7. The van der Waals surface area contributed by atoms with Crippen LogP contribution in [0.5, 0.6) is 11.6 Å². The maximum Gasteiger partial charge on any atom is 0.224 e. The molecule has 41 heavy (non-hydrogen) atoms. The fourth-order valence-corrected chi connectivity index (χ4v) is 5.09. The Bertz CT molecular complexity index is 1840. The molecule has 204 valence electrons. The number of nitriles is 1. The van der Waals surface area contributed by atoms with Crippen molar-refractivity contribution in [1.82, 2.24) is 29.5 Å². The lowest BCUT2D eigenvalue weighted by Gasteiger charge is -2.15. The molecule has 10 nitrogen and oxygen atoms in total. The maximum absolute atomic E-state index is 12.7. The molecule has 2 aromatic carbocycles. The summed E-state index contributed by atoms with van der Waals surface area (Å²) in [6.45, 7) is 3.00. The Morgan fingerprint density at radius 1 is 1.20 bits per heavy atom. The number of carbonyl (C=O) groups is 1. The standard InChI is InChI=1S/C31H28N8O2/c1-20-12-23(6-10-28(20)41-30-15-29-37-35-19-39(29)18-34-30)36-31-22(16-32)17-33-27-9-5-21(14-26(27)31)13-25(40)8-7-24-4-3-11-38(24)2/h5-10,12,14-15,17-19,24H,3-4,11,13H2,1-2H3,(H,33,36)/b8-7+/t24-/m1/s1. The van der Waals surface area contributed by atoms with Gasteiger partial charge in [0, 0.05) is 35.8 Å². The van der Waals surface area contributed by atoms with Crippen LogP contribution < -0.4 is 10.1 Å². The number of fused-ring (bicyclic) bond motifs is 2. The number of aryl methyl sites for hydroxylation is 1. The summed E-state index contributed by atoms with van der Waals surface area (Å²) in [6.07, 6.45) is 11.0. The first-order valence-electron chi connectivity index (χ1n) is 13.4. The van der Waals surface area contributed by atoms with E-state index in [0.29, 0.717) is 34.6 Å². The molecule has 0 radical (unpaired) electrons. The van der Waals surface area contributed by atoms with Crippen LogP contribution in [0.25, 0.3) is 16.6 Å². The van der Waals surface area contributed by atoms with Crippen LogP contribution in [0.4, 0.5) is 11.4 Å². The number of anilines is 2. The highest BCUT2D eigenvalue weighted by molar-refractivity contribution is 5.97. The van der Waals surface area contributed by atoms with Crippen molar-refractivity contribution < 1.29 is 9.53 Å². The average Bonchev–Trinajstić information content (AvgIpc) is 3.61. The van der Waals surface area contributed by atoms with E-state index in [-0.39, 0.29) is 12.2 Å². The van der Waals surface area contributed by atoms with Gasteiger partial charge in [-0.3, -0.25) is 19.1 Å². The van der Waals surface area contributed by atoms with Crippen molar-refractivity contribution in [2.45, 2.75) is 32.2 Å². The van der Waals surface area contributed by atoms with E-state index in [0.717, 1.165) is 47.1 Å². The summed E-state index contributed by atoms with van der Waals surface area (Å²) in [5.74, 6) is 1.10. The van der Waals surface area contributed by atoms with Crippen molar-refractivity contribution in [3.8, 4) is 17.7 Å². The Labute approximate surface area is 236 Å². The number of benzene rings is 2. The summed E-state index contributed by atoms with van der Waals surface area (Å²) in [5.41, 5.74) is 4.95. The number of hydrogen-bond donors (Lipinski definition) is 1. The number of hydrogen-bond acceptors (Lipinski definition) is 9. The van der Waals surface area contributed by atoms with Gasteiger partial charge in [-0.25, -0.2) is 4.98 Å². The van der Waals surface area contributed by atoms with Gasteiger partial charge in [0.15, 0.2) is 11.4 Å². The van der Waals surface area contributed by atoms with Gasteiger partial charge in [-0.05, 0) is 80.9 Å². The lowest BCUT2D eigenvalue weighted by molar-refractivity contribution is -0.114. The predicted octanol–water partition coefficient (Wildman–Crippen LogP) is 5.15. The molecule has 0 aliphatic carbocycles. The van der Waals surface area contributed by atoms with Crippen LogP contribution in [-0.2, 0) is 11.2 Å². The fourth-order valence-electron chi connectivity index (χ4n) is 5.09. The van der Waals surface area contributed by atoms with Crippen LogP contribution in [-0.4, -0.2) is 54.9 Å². The Hall–Kier alpha value is -5.14. The summed E-state index contributed by atoms with van der Waals surface area (Å²) >= 11 is 0. The van der Waals surface area contributed by atoms with Gasteiger partial charge in [0.2, 0.25) is 5.88 Å². The molecule has 1 N–H and O–H groups in total. The zero-order chi connectivity index (χ0) is 28.3. The third kappa shape index (κ3) is 5.62. The van der Waals surface area contributed by atoms with Gasteiger partial charge in [-0.15, -0.1) is 10.2 Å². The van der Waals surface area contributed by atoms with Crippen molar-refractivity contribution in [2.24, 2.45) is 0 Å². The molecule has 1 fully saturated rings. The minimum atomic E-state index is 0.0485. The summed E-state index contributed by atoms with van der Waals surface area (Å²) in [5, 5.41) is 21.9. The van der Waals surface area contributed by atoms with Crippen LogP contribution in [0, 0.1) is 18.3 Å². The number of nitrogens with zero attached hydrogens (tertiary/aromatic N) is 7. The average molecular weight is 545 g/mol. The van der Waals surface area contributed by atoms with E-state index in [1.807, 2.05) is 49.4 Å². The van der Waals surface area contributed by atoms with Crippen LogP contribution in [0.2, 0.25) is 0 Å². The Morgan fingerprint density at radius 2 is 2.10 bits per heavy atom. The number of rotatable bonds is 8. The van der Waals surface area contributed by atoms with Crippen LogP contribution in [0.1, 0.15) is 29.5 Å². The second-order valence-electron chi connectivity index (χ2n) is 10.2. The first kappa shape index (κ1) is 26.1. The minimum absolute atomic E-state index is 0.0485. The van der Waals surface area contributed by atoms with Crippen molar-refractivity contribution in [3.05, 3.63) is 90.2 Å². The predicted molar refractivity (Wildman–Crippen MR) is 155 cm³/mol. The summed E-state index contributed by atoms with van der Waals surface area (Å²) in [6, 6.07) is 15.7. The second kappa shape index (κ2) is 11.2. The lowest BCUT2D eigenvalue weighted by Crippen LogP contribution is -2.22. The third-order valence-corrected chi connectivity index (χ3v) is 7.33. The zero-order valence-corrected chi connectivity index (χ0v) is 22.8. The van der Waals surface area contributed by atoms with Crippen molar-refractivity contribution in [3.63, 3.8) is 0 Å². The largest absolute Gasteiger partial charge is 0.439 e. The van der Waals surface area contributed by atoms with Gasteiger partial charge in [-0.2, -0.15) is 5.26 Å². The topological polar surface area (TPSA) is 121 Å². The number of likely N-dealkylation sites (tertiary alicyclic amines) is 1. The van der Waals surface area contributed by atoms with Crippen molar-refractivity contribution in [1.29, 1.82) is 5.26 Å². The van der Waals surface area contributed by atoms with E-state index < -0.39 is 0 Å². The Balaban J connectivity index is 1.23. The molecule has 0 saturated carbocycles. The number of allylic oxidation sites excluding steroid dienone is 1. The Morgan fingerprint density at radius 3 is 2.90 bits per heavy atom. The molecule has 1 aliphatic rings. The lowest BCUT2D eigenvalue weighted by atomic mass is 10.0. The quantitative estimate of drug-likeness (QED) is 0.264. The molecule has 0 amide bonds. The first-order chi connectivity index (χ1) is 20.0. The van der Waals surface area contributed by atoms with E-state index in [9.17, 15) is 10.1 Å². The van der Waals surface area contributed by atoms with Crippen molar-refractivity contribution >= 4 is 33.7 Å².